The fraction of sp³-hybridized carbons (Fsp3) is 0.556. The van der Waals surface area contributed by atoms with Gasteiger partial charge in [-0.25, -0.2) is 0 Å². The lowest BCUT2D eigenvalue weighted by Gasteiger charge is -1.99. The molecule has 1 aromatic heterocycles. The molecule has 72 valence electrons. The van der Waals surface area contributed by atoms with Crippen molar-refractivity contribution in [2.75, 3.05) is 7.11 Å². The normalized spacial score (nSPS) is 10.5. The highest BCUT2D eigenvalue weighted by atomic mass is 16.5. The molecular weight excluding hydrogens is 168 g/mol. The summed E-state index contributed by atoms with van der Waals surface area (Å²) >= 11 is 0. The second-order valence-corrected chi connectivity index (χ2v) is 3.20. The molecule has 0 N–H and O–H groups in total. The first-order valence-corrected chi connectivity index (χ1v) is 4.22. The van der Waals surface area contributed by atoms with Gasteiger partial charge in [0.1, 0.15) is 6.54 Å². The lowest BCUT2D eigenvalue weighted by Crippen LogP contribution is -2.11. The van der Waals surface area contributed by atoms with Gasteiger partial charge in [0, 0.05) is 6.20 Å². The zero-order valence-corrected chi connectivity index (χ0v) is 8.15. The lowest BCUT2D eigenvalue weighted by atomic mass is 10.1. The minimum Gasteiger partial charge on any atom is -0.468 e. The van der Waals surface area contributed by atoms with Crippen LogP contribution in [0.15, 0.2) is 12.4 Å². The van der Waals surface area contributed by atoms with E-state index in [0.717, 1.165) is 5.56 Å². The summed E-state index contributed by atoms with van der Waals surface area (Å²) in [5, 5.41) is 4.04. The van der Waals surface area contributed by atoms with Crippen molar-refractivity contribution in [3.63, 3.8) is 0 Å². The molecule has 0 bridgehead atoms. The smallest absolute Gasteiger partial charge is 0.327 e. The number of rotatable bonds is 3. The molecule has 13 heavy (non-hydrogen) atoms. The number of aromatic nitrogens is 2. The van der Waals surface area contributed by atoms with Crippen molar-refractivity contribution in [3.8, 4) is 0 Å². The standard InChI is InChI=1S/C9H14N2O2/c1-7(2)8-4-10-11(5-8)6-9(12)13-3/h4-5,7H,6H2,1-3H3. The van der Waals surface area contributed by atoms with E-state index in [-0.39, 0.29) is 12.5 Å². The third-order valence-corrected chi connectivity index (χ3v) is 1.84. The van der Waals surface area contributed by atoms with Crippen LogP contribution < -0.4 is 0 Å². The van der Waals surface area contributed by atoms with E-state index >= 15 is 0 Å². The predicted molar refractivity (Wildman–Crippen MR) is 48.3 cm³/mol. The van der Waals surface area contributed by atoms with Crippen molar-refractivity contribution >= 4 is 5.97 Å². The summed E-state index contributed by atoms with van der Waals surface area (Å²) < 4.78 is 6.11. The maximum absolute atomic E-state index is 10.9. The van der Waals surface area contributed by atoms with Crippen LogP contribution in [0.25, 0.3) is 0 Å². The second kappa shape index (κ2) is 4.07. The van der Waals surface area contributed by atoms with E-state index in [0.29, 0.717) is 5.92 Å². The van der Waals surface area contributed by atoms with Crippen LogP contribution in [0.2, 0.25) is 0 Å². The van der Waals surface area contributed by atoms with Crippen LogP contribution in [0.5, 0.6) is 0 Å². The van der Waals surface area contributed by atoms with E-state index in [4.69, 9.17) is 0 Å². The van der Waals surface area contributed by atoms with Crippen LogP contribution in [-0.4, -0.2) is 22.9 Å². The molecule has 1 aromatic rings. The fourth-order valence-electron chi connectivity index (χ4n) is 0.961. The highest BCUT2D eigenvalue weighted by Crippen LogP contribution is 2.11. The van der Waals surface area contributed by atoms with Gasteiger partial charge in [0.25, 0.3) is 0 Å². The van der Waals surface area contributed by atoms with E-state index in [9.17, 15) is 4.79 Å². The first kappa shape index (κ1) is 9.77. The molecule has 0 aliphatic carbocycles. The molecule has 0 aromatic carbocycles. The van der Waals surface area contributed by atoms with Crippen LogP contribution in [0.4, 0.5) is 0 Å². The third-order valence-electron chi connectivity index (χ3n) is 1.84. The Balaban J connectivity index is 2.64. The quantitative estimate of drug-likeness (QED) is 0.659. The van der Waals surface area contributed by atoms with Gasteiger partial charge in [0.2, 0.25) is 0 Å². The molecule has 4 heteroatoms. The number of methoxy groups -OCH3 is 1. The zero-order valence-electron chi connectivity index (χ0n) is 8.15. The summed E-state index contributed by atoms with van der Waals surface area (Å²) in [5.41, 5.74) is 1.13. The minimum atomic E-state index is -0.279. The first-order valence-electron chi connectivity index (χ1n) is 4.22. The second-order valence-electron chi connectivity index (χ2n) is 3.20. The molecular formula is C9H14N2O2. The van der Waals surface area contributed by atoms with E-state index in [1.807, 2.05) is 6.20 Å². The summed E-state index contributed by atoms with van der Waals surface area (Å²) in [6, 6.07) is 0. The number of nitrogens with zero attached hydrogens (tertiary/aromatic N) is 2. The van der Waals surface area contributed by atoms with Crippen molar-refractivity contribution in [3.05, 3.63) is 18.0 Å². The molecule has 0 atom stereocenters. The molecule has 0 unspecified atom stereocenters. The van der Waals surface area contributed by atoms with E-state index in [2.05, 4.69) is 23.7 Å². The summed E-state index contributed by atoms with van der Waals surface area (Å²) in [5.74, 6) is 0.157. The van der Waals surface area contributed by atoms with Gasteiger partial charge in [-0.15, -0.1) is 0 Å². The molecule has 1 heterocycles. The third kappa shape index (κ3) is 2.57. The average molecular weight is 182 g/mol. The summed E-state index contributed by atoms with van der Waals surface area (Å²) in [6.07, 6.45) is 3.63. The number of carbonyl (C=O) groups is 1. The molecule has 0 amide bonds. The Hall–Kier alpha value is -1.32. The topological polar surface area (TPSA) is 44.1 Å². The maximum atomic E-state index is 10.9. The Morgan fingerprint density at radius 1 is 1.69 bits per heavy atom. The Morgan fingerprint density at radius 3 is 2.85 bits per heavy atom. The van der Waals surface area contributed by atoms with Crippen LogP contribution in [0.3, 0.4) is 0 Å². The molecule has 0 aliphatic heterocycles. The predicted octanol–water partition coefficient (Wildman–Crippen LogP) is 1.18. The Bertz CT molecular complexity index is 292. The van der Waals surface area contributed by atoms with Gasteiger partial charge in [-0.05, 0) is 11.5 Å². The zero-order chi connectivity index (χ0) is 9.84. The maximum Gasteiger partial charge on any atom is 0.327 e. The van der Waals surface area contributed by atoms with Crippen molar-refractivity contribution in [1.29, 1.82) is 0 Å². The van der Waals surface area contributed by atoms with E-state index in [1.54, 1.807) is 10.9 Å². The molecule has 1 rings (SSSR count). The lowest BCUT2D eigenvalue weighted by molar-refractivity contribution is -0.141. The van der Waals surface area contributed by atoms with Crippen LogP contribution in [0.1, 0.15) is 25.3 Å². The Labute approximate surface area is 77.5 Å². The van der Waals surface area contributed by atoms with Crippen molar-refractivity contribution in [1.82, 2.24) is 9.78 Å². The number of carbonyl (C=O) groups excluding carboxylic acids is 1. The van der Waals surface area contributed by atoms with Crippen LogP contribution in [-0.2, 0) is 16.1 Å². The largest absolute Gasteiger partial charge is 0.468 e. The van der Waals surface area contributed by atoms with Crippen LogP contribution in [0, 0.1) is 0 Å². The van der Waals surface area contributed by atoms with E-state index < -0.39 is 0 Å². The fourth-order valence-corrected chi connectivity index (χ4v) is 0.961. The number of hydrogen-bond acceptors (Lipinski definition) is 3. The van der Waals surface area contributed by atoms with Gasteiger partial charge >= 0.3 is 5.97 Å². The summed E-state index contributed by atoms with van der Waals surface area (Å²) in [4.78, 5) is 10.9. The SMILES string of the molecule is COC(=O)Cn1cc(C(C)C)cn1. The first-order chi connectivity index (χ1) is 6.13. The molecule has 4 nitrogen and oxygen atoms in total. The number of esters is 1. The molecule has 0 aliphatic rings. The summed E-state index contributed by atoms with van der Waals surface area (Å²) in [6.45, 7) is 4.35. The number of ether oxygens (including phenoxy) is 1. The van der Waals surface area contributed by atoms with Crippen molar-refractivity contribution < 1.29 is 9.53 Å². The monoisotopic (exact) mass is 182 g/mol. The van der Waals surface area contributed by atoms with Crippen molar-refractivity contribution in [2.45, 2.75) is 26.3 Å². The van der Waals surface area contributed by atoms with Gasteiger partial charge in [0.05, 0.1) is 13.3 Å². The minimum absolute atomic E-state index is 0.184. The molecule has 0 saturated carbocycles. The summed E-state index contributed by atoms with van der Waals surface area (Å²) in [7, 11) is 1.37. The van der Waals surface area contributed by atoms with Gasteiger partial charge in [0.15, 0.2) is 0 Å². The highest BCUT2D eigenvalue weighted by molar-refractivity contribution is 5.68. The van der Waals surface area contributed by atoms with Gasteiger partial charge in [-0.3, -0.25) is 9.48 Å². The van der Waals surface area contributed by atoms with Gasteiger partial charge < -0.3 is 4.74 Å². The molecule has 0 saturated heterocycles. The Morgan fingerprint density at radius 2 is 2.38 bits per heavy atom. The molecule has 0 fully saturated rings. The van der Waals surface area contributed by atoms with E-state index in [1.165, 1.54) is 7.11 Å². The molecule has 0 spiro atoms. The van der Waals surface area contributed by atoms with Crippen LogP contribution >= 0.6 is 0 Å². The molecule has 0 radical (unpaired) electrons. The van der Waals surface area contributed by atoms with Gasteiger partial charge in [-0.2, -0.15) is 5.10 Å². The highest BCUT2D eigenvalue weighted by Gasteiger charge is 2.05. The Kier molecular flexibility index (Phi) is 3.06. The average Bonchev–Trinajstić information content (AvgIpc) is 2.52. The van der Waals surface area contributed by atoms with Gasteiger partial charge in [-0.1, -0.05) is 13.8 Å². The number of hydrogen-bond donors (Lipinski definition) is 0. The van der Waals surface area contributed by atoms with Crippen molar-refractivity contribution in [2.24, 2.45) is 0 Å².